The SMILES string of the molecule is Nc1nc(=O)n([C@@H]2O[C@H](CP(=O)(O)O)[C@@H](O)C2(F)F)cc1I. The van der Waals surface area contributed by atoms with Crippen molar-refractivity contribution in [1.82, 2.24) is 9.55 Å². The number of ether oxygens (including phenoxy) is 1. The zero-order chi connectivity index (χ0) is 16.9. The Kier molecular flexibility index (Phi) is 4.63. The molecule has 13 heteroatoms. The third-order valence-corrected chi connectivity index (χ3v) is 4.65. The molecular weight excluding hydrogens is 442 g/mol. The molecule has 2 rings (SSSR count). The van der Waals surface area contributed by atoms with E-state index in [4.69, 9.17) is 20.3 Å². The quantitative estimate of drug-likeness (QED) is 0.354. The molecule has 5 N–H and O–H groups in total. The van der Waals surface area contributed by atoms with E-state index in [1.165, 1.54) is 0 Å². The van der Waals surface area contributed by atoms with E-state index in [2.05, 4.69) is 4.98 Å². The molecule has 9 nitrogen and oxygen atoms in total. The third kappa shape index (κ3) is 3.31. The van der Waals surface area contributed by atoms with Gasteiger partial charge in [0.15, 0.2) is 0 Å². The van der Waals surface area contributed by atoms with Crippen molar-refractivity contribution in [3.63, 3.8) is 0 Å². The molecular formula is C9H11F2IN3O6P. The standard InChI is InChI=1S/C9H11F2IN3O6P/c10-9(11)5(16)4(2-22(18,19)20)21-7(9)15-1-3(12)6(13)14-8(15)17/h1,4-5,7,16H,2H2,(H2,13,14,17)(H2,18,19,20)/t4-,5-,7-/m1/s1. The second-order valence-corrected chi connectivity index (χ2v) is 7.51. The second-order valence-electron chi connectivity index (χ2n) is 4.66. The first-order valence-corrected chi connectivity index (χ1v) is 8.61. The van der Waals surface area contributed by atoms with Crippen LogP contribution in [0, 0.1) is 3.57 Å². The van der Waals surface area contributed by atoms with E-state index in [1.807, 2.05) is 0 Å². The van der Waals surface area contributed by atoms with Crippen molar-refractivity contribution in [2.45, 2.75) is 24.4 Å². The van der Waals surface area contributed by atoms with E-state index in [0.717, 1.165) is 6.20 Å². The van der Waals surface area contributed by atoms with Crippen LogP contribution in [0.25, 0.3) is 0 Å². The maximum atomic E-state index is 14.1. The number of aromatic nitrogens is 2. The van der Waals surface area contributed by atoms with Crippen LogP contribution in [0.15, 0.2) is 11.0 Å². The Balaban J connectivity index is 2.42. The molecule has 1 fully saturated rings. The molecule has 0 spiro atoms. The fraction of sp³-hybridized carbons (Fsp3) is 0.556. The van der Waals surface area contributed by atoms with Crippen LogP contribution in [0.2, 0.25) is 0 Å². The van der Waals surface area contributed by atoms with Crippen LogP contribution >= 0.6 is 30.2 Å². The third-order valence-electron chi connectivity index (χ3n) is 2.98. The Morgan fingerprint density at radius 3 is 2.68 bits per heavy atom. The second kappa shape index (κ2) is 5.76. The van der Waals surface area contributed by atoms with Crippen molar-refractivity contribution in [3.05, 3.63) is 20.3 Å². The fourth-order valence-corrected chi connectivity index (χ4v) is 3.15. The average molecular weight is 453 g/mol. The van der Waals surface area contributed by atoms with Gasteiger partial charge in [-0.15, -0.1) is 0 Å². The molecule has 3 atom stereocenters. The summed E-state index contributed by atoms with van der Waals surface area (Å²) >= 11 is 1.66. The summed E-state index contributed by atoms with van der Waals surface area (Å²) in [7, 11) is -4.70. The van der Waals surface area contributed by atoms with E-state index in [9.17, 15) is 23.2 Å². The van der Waals surface area contributed by atoms with Gasteiger partial charge in [0.1, 0.15) is 18.0 Å². The van der Waals surface area contributed by atoms with Gasteiger partial charge in [0.25, 0.3) is 0 Å². The first-order valence-electron chi connectivity index (χ1n) is 5.73. The molecule has 0 bridgehead atoms. The van der Waals surface area contributed by atoms with Crippen molar-refractivity contribution in [1.29, 1.82) is 0 Å². The molecule has 124 valence electrons. The summed E-state index contributed by atoms with van der Waals surface area (Å²) in [6.07, 6.45) is -6.69. The van der Waals surface area contributed by atoms with Gasteiger partial charge in [-0.3, -0.25) is 9.13 Å². The molecule has 0 radical (unpaired) electrons. The maximum absolute atomic E-state index is 14.1. The predicted octanol–water partition coefficient (Wildman–Crippen LogP) is -0.499. The lowest BCUT2D eigenvalue weighted by atomic mass is 10.1. The first kappa shape index (κ1) is 17.7. The van der Waals surface area contributed by atoms with Gasteiger partial charge in [-0.25, -0.2) is 4.79 Å². The zero-order valence-corrected chi connectivity index (χ0v) is 13.7. The summed E-state index contributed by atoms with van der Waals surface area (Å²) in [5, 5.41) is 9.55. The van der Waals surface area contributed by atoms with Crippen LogP contribution in [0.3, 0.4) is 0 Å². The minimum absolute atomic E-state index is 0.157. The van der Waals surface area contributed by atoms with Gasteiger partial charge < -0.3 is 25.4 Å². The van der Waals surface area contributed by atoms with Gasteiger partial charge >= 0.3 is 19.2 Å². The minimum atomic E-state index is -4.70. The van der Waals surface area contributed by atoms with E-state index in [-0.39, 0.29) is 9.39 Å². The van der Waals surface area contributed by atoms with Crippen molar-refractivity contribution in [2.24, 2.45) is 0 Å². The maximum Gasteiger partial charge on any atom is 0.351 e. The molecule has 0 amide bonds. The Labute approximate surface area is 135 Å². The number of halogens is 3. The van der Waals surface area contributed by atoms with Crippen LogP contribution in [0.1, 0.15) is 6.23 Å². The van der Waals surface area contributed by atoms with Gasteiger partial charge in [0, 0.05) is 6.20 Å². The lowest BCUT2D eigenvalue weighted by molar-refractivity contribution is -0.140. The summed E-state index contributed by atoms with van der Waals surface area (Å²) in [4.78, 5) is 32.7. The topological polar surface area (TPSA) is 148 Å². The number of aliphatic hydroxyl groups excluding tert-OH is 1. The summed E-state index contributed by atoms with van der Waals surface area (Å²) in [5.41, 5.74) is 4.25. The van der Waals surface area contributed by atoms with Crippen LogP contribution < -0.4 is 11.4 Å². The Morgan fingerprint density at radius 2 is 2.14 bits per heavy atom. The molecule has 1 saturated heterocycles. The smallest absolute Gasteiger partial charge is 0.351 e. The molecule has 0 aromatic carbocycles. The number of nitrogens with two attached hydrogens (primary N) is 1. The minimum Gasteiger partial charge on any atom is -0.384 e. The Bertz CT molecular complexity index is 694. The summed E-state index contributed by atoms with van der Waals surface area (Å²) < 4.78 is 44.5. The highest BCUT2D eigenvalue weighted by Crippen LogP contribution is 2.47. The highest BCUT2D eigenvalue weighted by atomic mass is 127. The lowest BCUT2D eigenvalue weighted by Crippen LogP contribution is -2.42. The number of alkyl halides is 2. The number of hydrogen-bond donors (Lipinski definition) is 4. The molecule has 1 aromatic rings. The highest BCUT2D eigenvalue weighted by Gasteiger charge is 2.60. The molecule has 2 heterocycles. The van der Waals surface area contributed by atoms with Crippen molar-refractivity contribution >= 4 is 36.0 Å². The molecule has 0 unspecified atom stereocenters. The molecule has 0 saturated carbocycles. The normalized spacial score (nSPS) is 28.0. The number of aliphatic hydroxyl groups is 1. The average Bonchev–Trinajstić information content (AvgIpc) is 2.56. The zero-order valence-electron chi connectivity index (χ0n) is 10.6. The monoisotopic (exact) mass is 453 g/mol. The largest absolute Gasteiger partial charge is 0.384 e. The summed E-state index contributed by atoms with van der Waals surface area (Å²) in [6.45, 7) is 0. The van der Waals surface area contributed by atoms with Crippen molar-refractivity contribution < 1.29 is 33.0 Å². The lowest BCUT2D eigenvalue weighted by Gasteiger charge is -2.21. The van der Waals surface area contributed by atoms with Gasteiger partial charge in [-0.2, -0.15) is 13.8 Å². The van der Waals surface area contributed by atoms with Crippen molar-refractivity contribution in [3.8, 4) is 0 Å². The highest BCUT2D eigenvalue weighted by molar-refractivity contribution is 14.1. The van der Waals surface area contributed by atoms with Gasteiger partial charge in [-0.05, 0) is 22.6 Å². The van der Waals surface area contributed by atoms with Gasteiger partial charge in [0.2, 0.25) is 6.23 Å². The Hall–Kier alpha value is -0.660. The predicted molar refractivity (Wildman–Crippen MR) is 77.4 cm³/mol. The summed E-state index contributed by atoms with van der Waals surface area (Å²) in [5.74, 6) is -4.10. The van der Waals surface area contributed by atoms with Gasteiger partial charge in [0.05, 0.1) is 9.73 Å². The van der Waals surface area contributed by atoms with Crippen LogP contribution in [0.4, 0.5) is 14.6 Å². The van der Waals surface area contributed by atoms with E-state index >= 15 is 0 Å². The molecule has 22 heavy (non-hydrogen) atoms. The molecule has 0 aliphatic carbocycles. The van der Waals surface area contributed by atoms with Crippen molar-refractivity contribution in [2.75, 3.05) is 11.9 Å². The first-order chi connectivity index (χ1) is 9.93. The van der Waals surface area contributed by atoms with E-state index in [1.54, 1.807) is 22.6 Å². The molecule has 1 aromatic heterocycles. The van der Waals surface area contributed by atoms with E-state index < -0.39 is 43.8 Å². The summed E-state index contributed by atoms with van der Waals surface area (Å²) in [6, 6.07) is 0. The number of anilines is 1. The van der Waals surface area contributed by atoms with Crippen LogP contribution in [0.5, 0.6) is 0 Å². The van der Waals surface area contributed by atoms with Crippen LogP contribution in [-0.4, -0.2) is 48.7 Å². The van der Waals surface area contributed by atoms with E-state index in [0.29, 0.717) is 4.57 Å². The Morgan fingerprint density at radius 1 is 1.55 bits per heavy atom. The number of rotatable bonds is 3. The number of nitrogens with zero attached hydrogens (tertiary/aromatic N) is 2. The fourth-order valence-electron chi connectivity index (χ4n) is 1.98. The number of hydrogen-bond acceptors (Lipinski definition) is 6. The molecule has 1 aliphatic heterocycles. The van der Waals surface area contributed by atoms with Gasteiger partial charge in [-0.1, -0.05) is 0 Å². The molecule has 1 aliphatic rings. The van der Waals surface area contributed by atoms with Crippen LogP contribution in [-0.2, 0) is 9.30 Å². The number of nitrogen functional groups attached to an aromatic ring is 1.